The highest BCUT2D eigenvalue weighted by Gasteiger charge is 2.57. The van der Waals surface area contributed by atoms with E-state index in [1.807, 2.05) is 0 Å². The number of benzene rings is 3. The fourth-order valence-corrected chi connectivity index (χ4v) is 13.7. The summed E-state index contributed by atoms with van der Waals surface area (Å²) in [6.45, 7) is 4.63. The summed E-state index contributed by atoms with van der Waals surface area (Å²) in [4.78, 5) is 0. The van der Waals surface area contributed by atoms with Crippen LogP contribution in [0.1, 0.15) is 94.7 Å². The van der Waals surface area contributed by atoms with Crippen molar-refractivity contribution in [3.8, 4) is 11.1 Å². The van der Waals surface area contributed by atoms with E-state index in [-0.39, 0.29) is 10.8 Å². The van der Waals surface area contributed by atoms with Gasteiger partial charge in [0.05, 0.1) is 5.41 Å². The van der Waals surface area contributed by atoms with Crippen LogP contribution in [0.2, 0.25) is 0 Å². The van der Waals surface area contributed by atoms with Crippen LogP contribution in [0.5, 0.6) is 0 Å². The van der Waals surface area contributed by atoms with Crippen molar-refractivity contribution in [1.29, 1.82) is 0 Å². The van der Waals surface area contributed by atoms with Crippen LogP contribution in [0.25, 0.3) is 16.7 Å². The van der Waals surface area contributed by atoms with Crippen LogP contribution in [0.15, 0.2) is 238 Å². The molecule has 0 aliphatic heterocycles. The first kappa shape index (κ1) is 39.6. The second-order valence-corrected chi connectivity index (χ2v) is 20.0. The molecule has 3 aromatic rings. The molecule has 0 amide bonds. The van der Waals surface area contributed by atoms with Crippen LogP contribution in [0.4, 0.5) is 0 Å². The Bertz CT molecular complexity index is 2870. The van der Waals surface area contributed by atoms with Crippen molar-refractivity contribution in [3.63, 3.8) is 0 Å². The Morgan fingerprint density at radius 2 is 1.33 bits per heavy atom. The van der Waals surface area contributed by atoms with Gasteiger partial charge in [-0.15, -0.1) is 0 Å². The molecule has 6 atom stereocenters. The predicted octanol–water partition coefficient (Wildman–Crippen LogP) is 16.4. The number of fused-ring (bicyclic) bond motifs is 4. The zero-order valence-electron chi connectivity index (χ0n) is 37.7. The molecule has 6 unspecified atom stereocenters. The third-order valence-corrected chi connectivity index (χ3v) is 16.7. The molecule has 0 radical (unpaired) electrons. The van der Waals surface area contributed by atoms with E-state index in [4.69, 9.17) is 0 Å². The number of hydrogen-bond acceptors (Lipinski definition) is 0. The molecule has 0 spiro atoms. The summed E-state index contributed by atoms with van der Waals surface area (Å²) in [5.41, 5.74) is 23.3. The lowest BCUT2D eigenvalue weighted by Crippen LogP contribution is -2.41. The van der Waals surface area contributed by atoms with Gasteiger partial charge in [-0.05, 0) is 167 Å². The average molecular weight is 829 g/mol. The SMILES string of the molecule is CC1=CCC(C2(c3ccc(-c4ccccc4)cc3)C3=C(CCC(C4=CC=C5C6=C(C=CCC6)C(C6=CCC(C)C=C6)(c6ccc(C7=CCCC=C7)cc6)C5C4)=C3)C3=CC=CCC32)C=C1. The second kappa shape index (κ2) is 15.9. The van der Waals surface area contributed by atoms with E-state index in [2.05, 4.69) is 196 Å². The molecule has 12 rings (SSSR count). The van der Waals surface area contributed by atoms with Crippen molar-refractivity contribution >= 4 is 5.57 Å². The molecule has 0 fully saturated rings. The summed E-state index contributed by atoms with van der Waals surface area (Å²) in [5, 5.41) is 0. The van der Waals surface area contributed by atoms with E-state index in [0.29, 0.717) is 23.7 Å². The van der Waals surface area contributed by atoms with E-state index in [0.717, 1.165) is 64.2 Å². The maximum atomic E-state index is 2.75. The first-order valence-electron chi connectivity index (χ1n) is 24.5. The molecule has 0 aromatic heterocycles. The van der Waals surface area contributed by atoms with E-state index < -0.39 is 0 Å². The summed E-state index contributed by atoms with van der Waals surface area (Å²) < 4.78 is 0. The molecule has 0 heterocycles. The molecule has 3 aromatic carbocycles. The van der Waals surface area contributed by atoms with E-state index in [1.165, 1.54) is 44.5 Å². The van der Waals surface area contributed by atoms with Gasteiger partial charge in [0, 0.05) is 17.3 Å². The molecule has 9 aliphatic carbocycles. The predicted molar refractivity (Wildman–Crippen MR) is 269 cm³/mol. The lowest BCUT2D eigenvalue weighted by molar-refractivity contribution is 0.295. The van der Waals surface area contributed by atoms with Crippen molar-refractivity contribution < 1.29 is 0 Å². The molecule has 316 valence electrons. The van der Waals surface area contributed by atoms with Gasteiger partial charge in [0.1, 0.15) is 0 Å². The van der Waals surface area contributed by atoms with Gasteiger partial charge < -0.3 is 0 Å². The summed E-state index contributed by atoms with van der Waals surface area (Å²) in [6.07, 6.45) is 53.3. The van der Waals surface area contributed by atoms with Gasteiger partial charge in [-0.3, -0.25) is 0 Å². The lowest BCUT2D eigenvalue weighted by atomic mass is 9.57. The lowest BCUT2D eigenvalue weighted by Gasteiger charge is -2.45. The molecule has 0 saturated carbocycles. The van der Waals surface area contributed by atoms with Crippen molar-refractivity contribution in [3.05, 3.63) is 255 Å². The minimum atomic E-state index is -0.233. The van der Waals surface area contributed by atoms with Crippen molar-refractivity contribution in [2.45, 2.75) is 88.9 Å². The molecule has 9 aliphatic rings. The van der Waals surface area contributed by atoms with Crippen LogP contribution in [-0.4, -0.2) is 0 Å². The summed E-state index contributed by atoms with van der Waals surface area (Å²) in [7, 11) is 0. The van der Waals surface area contributed by atoms with Crippen LogP contribution in [-0.2, 0) is 10.8 Å². The first-order valence-corrected chi connectivity index (χ1v) is 24.5. The van der Waals surface area contributed by atoms with Gasteiger partial charge >= 0.3 is 0 Å². The zero-order valence-corrected chi connectivity index (χ0v) is 37.7. The molecular formula is C64H60. The monoisotopic (exact) mass is 828 g/mol. The molecule has 0 heteroatoms. The maximum Gasteiger partial charge on any atom is 0.0522 e. The number of rotatable bonds is 7. The summed E-state index contributed by atoms with van der Waals surface area (Å²) in [5.74, 6) is 1.68. The Kier molecular flexibility index (Phi) is 9.85. The molecule has 64 heavy (non-hydrogen) atoms. The van der Waals surface area contributed by atoms with Crippen molar-refractivity contribution in [1.82, 2.24) is 0 Å². The standard InChI is InChI=1S/C64H60/c1-43-21-31-51(32-22-43)63(53-35-25-47(26-36-53)45-13-5-3-6-14-45)59-19-11-9-17-55(59)57-39-29-49(41-61(57)63)50-30-40-58-56-18-10-12-20-60(56)64(62(58)42-50,52-33-23-44(2)24-34-52)54-37-27-48(28-38-54)46-15-7-4-8-16-46/h3,5-7,9,11-17,20-23,25-28,30-31,33-38,40-41,44,51,59,62H,4,8,10,18-19,24,29,32,39,42H2,1-2H3. The Morgan fingerprint density at radius 1 is 0.547 bits per heavy atom. The van der Waals surface area contributed by atoms with E-state index in [9.17, 15) is 0 Å². The highest BCUT2D eigenvalue weighted by atomic mass is 14.6. The molecule has 0 N–H and O–H groups in total. The summed E-state index contributed by atoms with van der Waals surface area (Å²) >= 11 is 0. The van der Waals surface area contributed by atoms with Crippen LogP contribution < -0.4 is 0 Å². The first-order chi connectivity index (χ1) is 31.5. The van der Waals surface area contributed by atoms with E-state index >= 15 is 0 Å². The largest absolute Gasteiger partial charge is 0.0839 e. The van der Waals surface area contributed by atoms with Crippen LogP contribution in [0.3, 0.4) is 0 Å². The van der Waals surface area contributed by atoms with Crippen LogP contribution in [0, 0.1) is 23.7 Å². The number of allylic oxidation sites excluding steroid dienone is 28. The smallest absolute Gasteiger partial charge is 0.0522 e. The van der Waals surface area contributed by atoms with Gasteiger partial charge in [-0.2, -0.15) is 0 Å². The molecule has 0 saturated heterocycles. The molecule has 0 nitrogen and oxygen atoms in total. The van der Waals surface area contributed by atoms with Gasteiger partial charge in [-0.1, -0.05) is 195 Å². The van der Waals surface area contributed by atoms with Crippen LogP contribution >= 0.6 is 0 Å². The normalized spacial score (nSPS) is 30.1. The molecule has 0 bridgehead atoms. The number of hydrogen-bond donors (Lipinski definition) is 0. The van der Waals surface area contributed by atoms with Crippen molar-refractivity contribution in [2.75, 3.05) is 0 Å². The Hall–Kier alpha value is -5.98. The second-order valence-electron chi connectivity index (χ2n) is 20.0. The average Bonchev–Trinajstić information content (AvgIpc) is 3.83. The topological polar surface area (TPSA) is 0 Å². The van der Waals surface area contributed by atoms with Gasteiger partial charge in [0.15, 0.2) is 0 Å². The third kappa shape index (κ3) is 6.15. The fraction of sp³-hybridized carbons (Fsp3) is 0.281. The van der Waals surface area contributed by atoms with Gasteiger partial charge in [0.25, 0.3) is 0 Å². The Morgan fingerprint density at radius 3 is 2.11 bits per heavy atom. The zero-order chi connectivity index (χ0) is 42.8. The van der Waals surface area contributed by atoms with Crippen molar-refractivity contribution in [2.24, 2.45) is 23.7 Å². The minimum absolute atomic E-state index is 0.154. The minimum Gasteiger partial charge on any atom is -0.0839 e. The maximum absolute atomic E-state index is 2.75. The third-order valence-electron chi connectivity index (χ3n) is 16.7. The molecular weight excluding hydrogens is 769 g/mol. The Labute approximate surface area is 382 Å². The Balaban J connectivity index is 0.994. The quantitative estimate of drug-likeness (QED) is 0.223. The van der Waals surface area contributed by atoms with E-state index in [1.54, 1.807) is 44.6 Å². The van der Waals surface area contributed by atoms with Gasteiger partial charge in [0.2, 0.25) is 0 Å². The fourth-order valence-electron chi connectivity index (χ4n) is 13.7. The summed E-state index contributed by atoms with van der Waals surface area (Å²) in [6, 6.07) is 30.6. The highest BCUT2D eigenvalue weighted by Crippen LogP contribution is 2.65. The highest BCUT2D eigenvalue weighted by molar-refractivity contribution is 5.77. The van der Waals surface area contributed by atoms with Gasteiger partial charge in [-0.25, -0.2) is 0 Å².